The minimum absolute atomic E-state index is 0.0275. The molecular weight excluding hydrogens is 270 g/mol. The normalized spacial score (nSPS) is 26.6. The Balaban J connectivity index is 1.86. The van der Waals surface area contributed by atoms with Gasteiger partial charge >= 0.3 is 0 Å². The van der Waals surface area contributed by atoms with Crippen molar-refractivity contribution in [2.45, 2.75) is 50.2 Å². The van der Waals surface area contributed by atoms with Gasteiger partial charge in [0.1, 0.15) is 5.54 Å². The fourth-order valence-electron chi connectivity index (χ4n) is 3.14. The van der Waals surface area contributed by atoms with E-state index in [0.29, 0.717) is 19.7 Å². The molecular formula is C15H25N3O3. The van der Waals surface area contributed by atoms with E-state index in [-0.39, 0.29) is 25.2 Å². The molecule has 0 aromatic rings. The monoisotopic (exact) mass is 295 g/mol. The van der Waals surface area contributed by atoms with Crippen LogP contribution in [0.25, 0.3) is 0 Å². The lowest BCUT2D eigenvalue weighted by Gasteiger charge is -2.33. The van der Waals surface area contributed by atoms with Crippen molar-refractivity contribution in [1.29, 1.82) is 5.26 Å². The minimum Gasteiger partial charge on any atom is -0.394 e. The van der Waals surface area contributed by atoms with E-state index < -0.39 is 5.54 Å². The molecule has 2 N–H and O–H groups in total. The SMILES string of the molecule is N#CC1(NC(=O)CN2CCOC(CO)C2)CCCCCC1. The van der Waals surface area contributed by atoms with Gasteiger partial charge in [-0.25, -0.2) is 0 Å². The van der Waals surface area contributed by atoms with Gasteiger partial charge in [-0.1, -0.05) is 25.7 Å². The van der Waals surface area contributed by atoms with Gasteiger partial charge in [0.2, 0.25) is 5.91 Å². The number of aliphatic hydroxyl groups is 1. The highest BCUT2D eigenvalue weighted by Gasteiger charge is 2.33. The Bertz CT molecular complexity index is 386. The molecule has 6 nitrogen and oxygen atoms in total. The van der Waals surface area contributed by atoms with Crippen molar-refractivity contribution in [3.63, 3.8) is 0 Å². The lowest BCUT2D eigenvalue weighted by molar-refractivity contribution is -0.126. The van der Waals surface area contributed by atoms with Crippen molar-refractivity contribution in [3.8, 4) is 6.07 Å². The van der Waals surface area contributed by atoms with Crippen LogP contribution in [0.3, 0.4) is 0 Å². The molecule has 1 saturated heterocycles. The Hall–Kier alpha value is -1.16. The van der Waals surface area contributed by atoms with Crippen molar-refractivity contribution in [1.82, 2.24) is 10.2 Å². The summed E-state index contributed by atoms with van der Waals surface area (Å²) in [5.74, 6) is -0.1000. The van der Waals surface area contributed by atoms with Gasteiger partial charge in [-0.05, 0) is 12.8 Å². The Morgan fingerprint density at radius 1 is 1.38 bits per heavy atom. The highest BCUT2D eigenvalue weighted by molar-refractivity contribution is 5.79. The molecule has 1 aliphatic carbocycles. The van der Waals surface area contributed by atoms with Crippen LogP contribution in [0.15, 0.2) is 0 Å². The molecule has 21 heavy (non-hydrogen) atoms. The minimum atomic E-state index is -0.684. The van der Waals surface area contributed by atoms with E-state index in [1.165, 1.54) is 0 Å². The number of amides is 1. The number of nitriles is 1. The maximum Gasteiger partial charge on any atom is 0.235 e. The molecule has 1 unspecified atom stereocenters. The summed E-state index contributed by atoms with van der Waals surface area (Å²) in [5.41, 5.74) is -0.684. The van der Waals surface area contributed by atoms with Crippen LogP contribution in [0.5, 0.6) is 0 Å². The number of aliphatic hydroxyl groups excluding tert-OH is 1. The molecule has 0 aromatic heterocycles. The second-order valence-electron chi connectivity index (χ2n) is 6.07. The van der Waals surface area contributed by atoms with Gasteiger partial charge in [-0.3, -0.25) is 9.69 Å². The van der Waals surface area contributed by atoms with E-state index in [9.17, 15) is 10.1 Å². The van der Waals surface area contributed by atoms with E-state index in [0.717, 1.165) is 38.5 Å². The predicted octanol–water partition coefficient (Wildman–Crippen LogP) is 0.412. The second-order valence-corrected chi connectivity index (χ2v) is 6.07. The Labute approximate surface area is 126 Å². The van der Waals surface area contributed by atoms with E-state index in [4.69, 9.17) is 9.84 Å². The molecule has 2 aliphatic rings. The third-order valence-corrected chi connectivity index (χ3v) is 4.34. The first-order valence-electron chi connectivity index (χ1n) is 7.84. The Kier molecular flexibility index (Phi) is 5.97. The van der Waals surface area contributed by atoms with Gasteiger partial charge < -0.3 is 15.2 Å². The van der Waals surface area contributed by atoms with Crippen LogP contribution in [-0.4, -0.2) is 60.4 Å². The summed E-state index contributed by atoms with van der Waals surface area (Å²) in [4.78, 5) is 14.2. The number of carbonyl (C=O) groups excluding carboxylic acids is 1. The van der Waals surface area contributed by atoms with E-state index in [1.54, 1.807) is 0 Å². The summed E-state index contributed by atoms with van der Waals surface area (Å²) in [6, 6.07) is 2.33. The van der Waals surface area contributed by atoms with Crippen molar-refractivity contribution in [2.75, 3.05) is 32.8 Å². The number of nitrogens with one attached hydrogen (secondary N) is 1. The lowest BCUT2D eigenvalue weighted by atomic mass is 9.92. The number of hydrogen-bond acceptors (Lipinski definition) is 5. The number of hydrogen-bond donors (Lipinski definition) is 2. The number of nitrogens with zero attached hydrogens (tertiary/aromatic N) is 2. The number of ether oxygens (including phenoxy) is 1. The van der Waals surface area contributed by atoms with Gasteiger partial charge in [0, 0.05) is 13.1 Å². The van der Waals surface area contributed by atoms with Gasteiger partial charge in [-0.2, -0.15) is 5.26 Å². The largest absolute Gasteiger partial charge is 0.394 e. The molecule has 0 aromatic carbocycles. The van der Waals surface area contributed by atoms with Crippen LogP contribution >= 0.6 is 0 Å². The van der Waals surface area contributed by atoms with Crippen molar-refractivity contribution >= 4 is 5.91 Å². The number of morpholine rings is 1. The standard InChI is InChI=1S/C15H25N3O3/c16-12-15(5-3-1-2-4-6-15)17-14(20)10-18-7-8-21-13(9-18)11-19/h13,19H,1-11H2,(H,17,20). The molecule has 1 amide bonds. The van der Waals surface area contributed by atoms with Crippen molar-refractivity contribution in [3.05, 3.63) is 0 Å². The average Bonchev–Trinajstić information content (AvgIpc) is 2.73. The van der Waals surface area contributed by atoms with Crippen LogP contribution in [0.4, 0.5) is 0 Å². The molecule has 1 atom stereocenters. The molecule has 0 radical (unpaired) electrons. The first-order valence-corrected chi connectivity index (χ1v) is 7.84. The third kappa shape index (κ3) is 4.67. The summed E-state index contributed by atoms with van der Waals surface area (Å²) in [6.45, 7) is 2.01. The highest BCUT2D eigenvalue weighted by atomic mass is 16.5. The summed E-state index contributed by atoms with van der Waals surface area (Å²) in [5, 5.41) is 21.5. The van der Waals surface area contributed by atoms with Gasteiger partial charge in [0.05, 0.1) is 31.9 Å². The van der Waals surface area contributed by atoms with E-state index in [1.807, 2.05) is 4.90 Å². The van der Waals surface area contributed by atoms with Crippen molar-refractivity contribution in [2.24, 2.45) is 0 Å². The Morgan fingerprint density at radius 2 is 2.10 bits per heavy atom. The van der Waals surface area contributed by atoms with Crippen LogP contribution in [0.1, 0.15) is 38.5 Å². The van der Waals surface area contributed by atoms with Crippen LogP contribution in [0, 0.1) is 11.3 Å². The topological polar surface area (TPSA) is 85.6 Å². The van der Waals surface area contributed by atoms with Gasteiger partial charge in [-0.15, -0.1) is 0 Å². The van der Waals surface area contributed by atoms with E-state index in [2.05, 4.69) is 11.4 Å². The van der Waals surface area contributed by atoms with Crippen LogP contribution in [0.2, 0.25) is 0 Å². The summed E-state index contributed by atoms with van der Waals surface area (Å²) in [7, 11) is 0. The molecule has 1 saturated carbocycles. The molecule has 2 rings (SSSR count). The lowest BCUT2D eigenvalue weighted by Crippen LogP contribution is -2.53. The zero-order chi connectivity index (χ0) is 15.1. The maximum atomic E-state index is 12.2. The predicted molar refractivity (Wildman–Crippen MR) is 77.5 cm³/mol. The van der Waals surface area contributed by atoms with Crippen LogP contribution < -0.4 is 5.32 Å². The number of rotatable bonds is 4. The first kappa shape index (κ1) is 16.2. The summed E-state index contributed by atoms with van der Waals surface area (Å²) >= 11 is 0. The second kappa shape index (κ2) is 7.74. The molecule has 118 valence electrons. The fraction of sp³-hybridized carbons (Fsp3) is 0.867. The zero-order valence-electron chi connectivity index (χ0n) is 12.5. The highest BCUT2D eigenvalue weighted by Crippen LogP contribution is 2.26. The van der Waals surface area contributed by atoms with Gasteiger partial charge in [0.15, 0.2) is 0 Å². The van der Waals surface area contributed by atoms with Crippen molar-refractivity contribution < 1.29 is 14.6 Å². The molecule has 1 heterocycles. The summed E-state index contributed by atoms with van der Waals surface area (Å²) in [6.07, 6.45) is 5.56. The quantitative estimate of drug-likeness (QED) is 0.734. The molecule has 1 aliphatic heterocycles. The molecule has 6 heteroatoms. The first-order chi connectivity index (χ1) is 10.2. The Morgan fingerprint density at radius 3 is 2.71 bits per heavy atom. The summed E-state index contributed by atoms with van der Waals surface area (Å²) < 4.78 is 5.37. The molecule has 2 fully saturated rings. The molecule has 0 spiro atoms. The zero-order valence-corrected chi connectivity index (χ0v) is 12.5. The van der Waals surface area contributed by atoms with Crippen LogP contribution in [-0.2, 0) is 9.53 Å². The number of carbonyl (C=O) groups is 1. The third-order valence-electron chi connectivity index (χ3n) is 4.34. The average molecular weight is 295 g/mol. The maximum absolute atomic E-state index is 12.2. The molecule has 0 bridgehead atoms. The van der Waals surface area contributed by atoms with E-state index >= 15 is 0 Å². The fourth-order valence-corrected chi connectivity index (χ4v) is 3.14. The smallest absolute Gasteiger partial charge is 0.235 e. The van der Waals surface area contributed by atoms with Gasteiger partial charge in [0.25, 0.3) is 0 Å².